The fraction of sp³-hybridized carbons (Fsp3) is 0.571. The molecule has 1 fully saturated rings. The Labute approximate surface area is 92.5 Å². The van der Waals surface area contributed by atoms with Crippen LogP contribution in [0.5, 0.6) is 0 Å². The number of likely N-dealkylation sites (N-methyl/N-ethyl adjacent to an activating group) is 1. The molecule has 5 nitrogen and oxygen atoms in total. The van der Waals surface area contributed by atoms with Crippen molar-refractivity contribution in [1.82, 2.24) is 15.1 Å². The number of aromatic nitrogens is 2. The van der Waals surface area contributed by atoms with Crippen molar-refractivity contribution in [2.75, 3.05) is 25.0 Å². The number of urea groups is 1. The van der Waals surface area contributed by atoms with Crippen LogP contribution in [0.1, 0.15) is 5.01 Å². The van der Waals surface area contributed by atoms with E-state index in [2.05, 4.69) is 10.2 Å². The molecule has 1 aromatic rings. The highest BCUT2D eigenvalue weighted by molar-refractivity contribution is 7.15. The molecule has 2 amide bonds. The predicted molar refractivity (Wildman–Crippen MR) is 50.3 cm³/mol. The van der Waals surface area contributed by atoms with Crippen LogP contribution in [0.4, 0.5) is 23.1 Å². The Morgan fingerprint density at radius 1 is 1.31 bits per heavy atom. The number of hydrogen-bond donors (Lipinski definition) is 0. The molecule has 0 aliphatic carbocycles. The van der Waals surface area contributed by atoms with Gasteiger partial charge in [0.25, 0.3) is 0 Å². The van der Waals surface area contributed by atoms with Crippen LogP contribution in [-0.4, -0.2) is 41.3 Å². The summed E-state index contributed by atoms with van der Waals surface area (Å²) in [5.74, 6) is 0. The topological polar surface area (TPSA) is 49.3 Å². The van der Waals surface area contributed by atoms with Crippen LogP contribution < -0.4 is 4.90 Å². The molecule has 2 rings (SSSR count). The number of anilines is 1. The van der Waals surface area contributed by atoms with Crippen LogP contribution in [0, 0.1) is 0 Å². The van der Waals surface area contributed by atoms with Crippen molar-refractivity contribution in [2.24, 2.45) is 0 Å². The first-order chi connectivity index (χ1) is 7.39. The number of carbonyl (C=O) groups excluding carboxylic acids is 1. The largest absolute Gasteiger partial charge is 0.445 e. The molecule has 9 heteroatoms. The lowest BCUT2D eigenvalue weighted by Gasteiger charge is -2.10. The highest BCUT2D eigenvalue weighted by Crippen LogP contribution is 2.34. The van der Waals surface area contributed by atoms with Gasteiger partial charge in [0.2, 0.25) is 10.1 Å². The van der Waals surface area contributed by atoms with E-state index in [0.29, 0.717) is 24.4 Å². The Balaban J connectivity index is 2.23. The van der Waals surface area contributed by atoms with Crippen LogP contribution in [0.25, 0.3) is 0 Å². The second kappa shape index (κ2) is 3.58. The van der Waals surface area contributed by atoms with Gasteiger partial charge >= 0.3 is 12.2 Å². The van der Waals surface area contributed by atoms with Crippen molar-refractivity contribution in [3.8, 4) is 0 Å². The zero-order valence-electron chi connectivity index (χ0n) is 8.15. The molecule has 0 bridgehead atoms. The van der Waals surface area contributed by atoms with Crippen LogP contribution in [0.2, 0.25) is 0 Å². The average molecular weight is 252 g/mol. The molecule has 16 heavy (non-hydrogen) atoms. The van der Waals surface area contributed by atoms with Crippen LogP contribution in [-0.2, 0) is 6.18 Å². The first kappa shape index (κ1) is 11.1. The highest BCUT2D eigenvalue weighted by atomic mass is 32.1. The van der Waals surface area contributed by atoms with E-state index >= 15 is 0 Å². The molecule has 0 N–H and O–H groups in total. The number of rotatable bonds is 1. The Morgan fingerprint density at radius 3 is 2.44 bits per heavy atom. The highest BCUT2D eigenvalue weighted by Gasteiger charge is 2.38. The predicted octanol–water partition coefficient (Wildman–Crippen LogP) is 1.43. The van der Waals surface area contributed by atoms with Gasteiger partial charge < -0.3 is 4.90 Å². The van der Waals surface area contributed by atoms with Crippen molar-refractivity contribution in [3.63, 3.8) is 0 Å². The van der Waals surface area contributed by atoms with E-state index in [1.54, 1.807) is 7.05 Å². The van der Waals surface area contributed by atoms with E-state index in [1.807, 2.05) is 0 Å². The first-order valence-electron chi connectivity index (χ1n) is 4.33. The molecule has 0 saturated carbocycles. The molecule has 0 atom stereocenters. The van der Waals surface area contributed by atoms with Crippen molar-refractivity contribution >= 4 is 22.5 Å². The summed E-state index contributed by atoms with van der Waals surface area (Å²) in [4.78, 5) is 14.1. The maximum absolute atomic E-state index is 12.3. The second-order valence-electron chi connectivity index (χ2n) is 3.24. The van der Waals surface area contributed by atoms with E-state index in [9.17, 15) is 18.0 Å². The third-order valence-electron chi connectivity index (χ3n) is 2.10. The maximum Gasteiger partial charge on any atom is 0.445 e. The van der Waals surface area contributed by atoms with E-state index < -0.39 is 11.2 Å². The monoisotopic (exact) mass is 252 g/mol. The minimum atomic E-state index is -4.51. The second-order valence-corrected chi connectivity index (χ2v) is 4.20. The Bertz CT molecular complexity index is 418. The molecule has 0 aromatic carbocycles. The van der Waals surface area contributed by atoms with E-state index in [4.69, 9.17) is 0 Å². The summed E-state index contributed by atoms with van der Waals surface area (Å²) in [5, 5.41) is 5.35. The van der Waals surface area contributed by atoms with E-state index in [0.717, 1.165) is 0 Å². The van der Waals surface area contributed by atoms with Gasteiger partial charge in [0.05, 0.1) is 0 Å². The number of hydrogen-bond acceptors (Lipinski definition) is 4. The molecule has 88 valence electrons. The van der Waals surface area contributed by atoms with Crippen LogP contribution in [0.3, 0.4) is 0 Å². The molecule has 1 aliphatic heterocycles. The SMILES string of the molecule is CN1CCN(c2nnc(C(F)(F)F)s2)C1=O. The van der Waals surface area contributed by atoms with Crippen molar-refractivity contribution in [2.45, 2.75) is 6.18 Å². The molecular formula is C7H7F3N4OS. The smallest absolute Gasteiger partial charge is 0.326 e. The third kappa shape index (κ3) is 1.82. The first-order valence-corrected chi connectivity index (χ1v) is 5.14. The number of carbonyl (C=O) groups is 1. The zero-order chi connectivity index (χ0) is 11.9. The summed E-state index contributed by atoms with van der Waals surface area (Å²) in [6.07, 6.45) is -4.51. The summed E-state index contributed by atoms with van der Waals surface area (Å²) < 4.78 is 36.8. The van der Waals surface area contributed by atoms with Gasteiger partial charge in [0.15, 0.2) is 0 Å². The van der Waals surface area contributed by atoms with Crippen LogP contribution in [0.15, 0.2) is 0 Å². The molecule has 2 heterocycles. The summed E-state index contributed by atoms with van der Waals surface area (Å²) in [5.41, 5.74) is 0. The lowest BCUT2D eigenvalue weighted by molar-refractivity contribution is -0.138. The van der Waals surface area contributed by atoms with Gasteiger partial charge in [0, 0.05) is 20.1 Å². The summed E-state index contributed by atoms with van der Waals surface area (Å²) in [7, 11) is 1.58. The summed E-state index contributed by atoms with van der Waals surface area (Å²) >= 11 is 0.374. The maximum atomic E-state index is 12.3. The lowest BCUT2D eigenvalue weighted by Crippen LogP contribution is -2.29. The molecular weight excluding hydrogens is 245 g/mol. The summed E-state index contributed by atoms with van der Waals surface area (Å²) in [6.45, 7) is 0.807. The van der Waals surface area contributed by atoms with Gasteiger partial charge in [-0.2, -0.15) is 13.2 Å². The Kier molecular flexibility index (Phi) is 2.49. The van der Waals surface area contributed by atoms with Crippen molar-refractivity contribution in [1.29, 1.82) is 0 Å². The fourth-order valence-corrected chi connectivity index (χ4v) is 2.00. The van der Waals surface area contributed by atoms with E-state index in [1.165, 1.54) is 9.80 Å². The average Bonchev–Trinajstić information content (AvgIpc) is 2.74. The molecule has 1 aromatic heterocycles. The van der Waals surface area contributed by atoms with Gasteiger partial charge in [-0.05, 0) is 0 Å². The number of nitrogens with zero attached hydrogens (tertiary/aromatic N) is 4. The quantitative estimate of drug-likeness (QED) is 0.759. The molecule has 0 radical (unpaired) electrons. The Hall–Kier alpha value is -1.38. The van der Waals surface area contributed by atoms with Gasteiger partial charge in [-0.25, -0.2) is 4.79 Å². The fourth-order valence-electron chi connectivity index (χ4n) is 1.26. The minimum Gasteiger partial charge on any atom is -0.326 e. The Morgan fingerprint density at radius 2 is 2.00 bits per heavy atom. The number of alkyl halides is 3. The van der Waals surface area contributed by atoms with Crippen molar-refractivity contribution < 1.29 is 18.0 Å². The minimum absolute atomic E-state index is 0.0123. The van der Waals surface area contributed by atoms with Gasteiger partial charge in [-0.15, -0.1) is 10.2 Å². The number of amides is 2. The van der Waals surface area contributed by atoms with Gasteiger partial charge in [0.1, 0.15) is 0 Å². The van der Waals surface area contributed by atoms with E-state index in [-0.39, 0.29) is 11.2 Å². The molecule has 0 unspecified atom stereocenters. The normalized spacial score (nSPS) is 17.4. The van der Waals surface area contributed by atoms with Gasteiger partial charge in [-0.1, -0.05) is 11.3 Å². The van der Waals surface area contributed by atoms with Gasteiger partial charge in [-0.3, -0.25) is 4.90 Å². The number of halogens is 3. The molecule has 1 aliphatic rings. The standard InChI is InChI=1S/C7H7F3N4OS/c1-13-2-3-14(6(13)15)5-12-11-4(16-5)7(8,9)10/h2-3H2,1H3. The third-order valence-corrected chi connectivity index (χ3v) is 3.10. The van der Waals surface area contributed by atoms with Crippen molar-refractivity contribution in [3.05, 3.63) is 5.01 Å². The summed E-state index contributed by atoms with van der Waals surface area (Å²) in [6, 6.07) is -0.357. The lowest BCUT2D eigenvalue weighted by atomic mass is 10.6. The van der Waals surface area contributed by atoms with Crippen LogP contribution >= 0.6 is 11.3 Å². The zero-order valence-corrected chi connectivity index (χ0v) is 8.97. The molecule has 1 saturated heterocycles. The molecule has 0 spiro atoms.